The first-order valence-electron chi connectivity index (χ1n) is 5.37. The molecule has 1 aromatic rings. The Morgan fingerprint density at radius 3 is 3.21 bits per heavy atom. The molecule has 78 valence electrons. The van der Waals surface area contributed by atoms with E-state index in [4.69, 9.17) is 5.73 Å². The van der Waals surface area contributed by atoms with Crippen molar-refractivity contribution in [1.29, 1.82) is 0 Å². The van der Waals surface area contributed by atoms with Gasteiger partial charge in [-0.15, -0.1) is 0 Å². The summed E-state index contributed by atoms with van der Waals surface area (Å²) in [6, 6.07) is 0. The minimum atomic E-state index is 0.756. The molecule has 14 heavy (non-hydrogen) atoms. The summed E-state index contributed by atoms with van der Waals surface area (Å²) in [4.78, 5) is 0. The van der Waals surface area contributed by atoms with Crippen molar-refractivity contribution in [3.63, 3.8) is 0 Å². The van der Waals surface area contributed by atoms with Gasteiger partial charge in [0.25, 0.3) is 0 Å². The maximum Gasteiger partial charge on any atom is 0.0794 e. The van der Waals surface area contributed by atoms with E-state index in [1.54, 1.807) is 0 Å². The summed E-state index contributed by atoms with van der Waals surface area (Å²) in [6.45, 7) is 2.62. The van der Waals surface area contributed by atoms with Crippen molar-refractivity contribution >= 4 is 0 Å². The fourth-order valence-electron chi connectivity index (χ4n) is 1.97. The highest BCUT2D eigenvalue weighted by Gasteiger charge is 2.17. The standard InChI is InChI=1S/C10H18N4/c11-5-2-6-12-7-10-8-3-1-4-9(8)13-14-10/h12H,1-7,11H2,(H,13,14). The lowest BCUT2D eigenvalue weighted by molar-refractivity contribution is 0.640. The predicted molar refractivity (Wildman–Crippen MR) is 56.0 cm³/mol. The largest absolute Gasteiger partial charge is 0.330 e. The fraction of sp³-hybridized carbons (Fsp3) is 0.700. The van der Waals surface area contributed by atoms with E-state index in [0.717, 1.165) is 26.1 Å². The van der Waals surface area contributed by atoms with E-state index in [1.807, 2.05) is 0 Å². The SMILES string of the molecule is NCCCNCc1n[nH]c2c1CCC2. The Bertz CT molecular complexity index is 292. The van der Waals surface area contributed by atoms with Crippen LogP contribution < -0.4 is 11.1 Å². The minimum Gasteiger partial charge on any atom is -0.330 e. The summed E-state index contributed by atoms with van der Waals surface area (Å²) in [5.41, 5.74) is 9.42. The molecule has 0 amide bonds. The first-order valence-corrected chi connectivity index (χ1v) is 5.37. The first kappa shape index (κ1) is 9.68. The van der Waals surface area contributed by atoms with Crippen LogP contribution in [-0.4, -0.2) is 23.3 Å². The second-order valence-electron chi connectivity index (χ2n) is 3.80. The van der Waals surface area contributed by atoms with Crippen LogP contribution in [0, 0.1) is 0 Å². The van der Waals surface area contributed by atoms with Crippen LogP contribution >= 0.6 is 0 Å². The molecule has 4 nitrogen and oxygen atoms in total. The highest BCUT2D eigenvalue weighted by molar-refractivity contribution is 5.29. The topological polar surface area (TPSA) is 66.7 Å². The fourth-order valence-corrected chi connectivity index (χ4v) is 1.97. The normalized spacial score (nSPS) is 14.6. The van der Waals surface area contributed by atoms with Gasteiger partial charge in [0.2, 0.25) is 0 Å². The number of aromatic amines is 1. The average molecular weight is 194 g/mol. The van der Waals surface area contributed by atoms with Crippen LogP contribution in [0.15, 0.2) is 0 Å². The van der Waals surface area contributed by atoms with E-state index >= 15 is 0 Å². The van der Waals surface area contributed by atoms with Crippen LogP contribution in [0.1, 0.15) is 29.8 Å². The van der Waals surface area contributed by atoms with Gasteiger partial charge in [-0.1, -0.05) is 0 Å². The molecule has 0 fully saturated rings. The Morgan fingerprint density at radius 2 is 2.36 bits per heavy atom. The monoisotopic (exact) mass is 194 g/mol. The Morgan fingerprint density at radius 1 is 1.43 bits per heavy atom. The molecule has 1 aliphatic rings. The number of nitrogens with two attached hydrogens (primary N) is 1. The summed E-state index contributed by atoms with van der Waals surface area (Å²) in [6.07, 6.45) is 4.68. The van der Waals surface area contributed by atoms with Crippen LogP contribution in [0.2, 0.25) is 0 Å². The van der Waals surface area contributed by atoms with Crippen molar-refractivity contribution in [3.05, 3.63) is 17.0 Å². The van der Waals surface area contributed by atoms with Gasteiger partial charge in [-0.05, 0) is 44.3 Å². The minimum absolute atomic E-state index is 0.756. The molecule has 0 radical (unpaired) electrons. The Kier molecular flexibility index (Phi) is 3.16. The second-order valence-corrected chi connectivity index (χ2v) is 3.80. The summed E-state index contributed by atoms with van der Waals surface area (Å²) >= 11 is 0. The third-order valence-corrected chi connectivity index (χ3v) is 2.74. The van der Waals surface area contributed by atoms with Crippen molar-refractivity contribution in [2.75, 3.05) is 13.1 Å². The zero-order valence-corrected chi connectivity index (χ0v) is 8.47. The van der Waals surface area contributed by atoms with Gasteiger partial charge in [-0.25, -0.2) is 0 Å². The summed E-state index contributed by atoms with van der Waals surface area (Å²) in [5, 5.41) is 10.8. The van der Waals surface area contributed by atoms with Gasteiger partial charge in [0, 0.05) is 12.2 Å². The van der Waals surface area contributed by atoms with Crippen molar-refractivity contribution in [2.45, 2.75) is 32.2 Å². The highest BCUT2D eigenvalue weighted by Crippen LogP contribution is 2.22. The van der Waals surface area contributed by atoms with Gasteiger partial charge in [0.15, 0.2) is 0 Å². The molecule has 2 rings (SSSR count). The number of hydrogen-bond donors (Lipinski definition) is 3. The molecule has 0 saturated heterocycles. The van der Waals surface area contributed by atoms with E-state index in [1.165, 1.54) is 36.2 Å². The van der Waals surface area contributed by atoms with Crippen LogP contribution in [0.25, 0.3) is 0 Å². The molecule has 4 N–H and O–H groups in total. The molecule has 0 unspecified atom stereocenters. The average Bonchev–Trinajstić information content (AvgIpc) is 2.75. The first-order chi connectivity index (χ1) is 6.92. The van der Waals surface area contributed by atoms with Crippen LogP contribution in [0.4, 0.5) is 0 Å². The zero-order chi connectivity index (χ0) is 9.80. The van der Waals surface area contributed by atoms with Crippen LogP contribution in [0.5, 0.6) is 0 Å². The molecule has 0 spiro atoms. The molecule has 0 aromatic carbocycles. The molecule has 1 aliphatic carbocycles. The number of aryl methyl sites for hydroxylation is 1. The Balaban J connectivity index is 1.84. The van der Waals surface area contributed by atoms with Crippen molar-refractivity contribution < 1.29 is 0 Å². The molecule has 1 heterocycles. The molecule has 4 heteroatoms. The third kappa shape index (κ3) is 1.96. The lowest BCUT2D eigenvalue weighted by atomic mass is 10.2. The maximum absolute atomic E-state index is 5.42. The van der Waals surface area contributed by atoms with Gasteiger partial charge in [0.1, 0.15) is 0 Å². The van der Waals surface area contributed by atoms with E-state index in [9.17, 15) is 0 Å². The molecular formula is C10H18N4. The van der Waals surface area contributed by atoms with E-state index in [-0.39, 0.29) is 0 Å². The number of nitrogens with one attached hydrogen (secondary N) is 2. The Labute approximate surface area is 84.3 Å². The number of fused-ring (bicyclic) bond motifs is 1. The molecular weight excluding hydrogens is 176 g/mol. The highest BCUT2D eigenvalue weighted by atomic mass is 15.1. The maximum atomic E-state index is 5.42. The van der Waals surface area contributed by atoms with Crippen molar-refractivity contribution in [1.82, 2.24) is 15.5 Å². The number of H-pyrrole nitrogens is 1. The van der Waals surface area contributed by atoms with Gasteiger partial charge in [0.05, 0.1) is 5.69 Å². The second kappa shape index (κ2) is 4.57. The Hall–Kier alpha value is -0.870. The molecule has 0 atom stereocenters. The van der Waals surface area contributed by atoms with Gasteiger partial charge in [-0.3, -0.25) is 5.10 Å². The summed E-state index contributed by atoms with van der Waals surface area (Å²) < 4.78 is 0. The van der Waals surface area contributed by atoms with Gasteiger partial charge < -0.3 is 11.1 Å². The third-order valence-electron chi connectivity index (χ3n) is 2.74. The van der Waals surface area contributed by atoms with E-state index in [0.29, 0.717) is 0 Å². The summed E-state index contributed by atoms with van der Waals surface area (Å²) in [5.74, 6) is 0. The molecule has 0 bridgehead atoms. The number of nitrogens with zero attached hydrogens (tertiary/aromatic N) is 1. The molecule has 1 aromatic heterocycles. The zero-order valence-electron chi connectivity index (χ0n) is 8.47. The number of aromatic nitrogens is 2. The van der Waals surface area contributed by atoms with Crippen molar-refractivity contribution in [2.24, 2.45) is 5.73 Å². The number of hydrogen-bond acceptors (Lipinski definition) is 3. The van der Waals surface area contributed by atoms with Gasteiger partial charge in [-0.2, -0.15) is 5.10 Å². The number of rotatable bonds is 5. The predicted octanol–water partition coefficient (Wildman–Crippen LogP) is 0.337. The smallest absolute Gasteiger partial charge is 0.0794 e. The van der Waals surface area contributed by atoms with Crippen LogP contribution in [0.3, 0.4) is 0 Å². The lowest BCUT2D eigenvalue weighted by Gasteiger charge is -2.02. The van der Waals surface area contributed by atoms with E-state index in [2.05, 4.69) is 15.5 Å². The molecule has 0 aliphatic heterocycles. The van der Waals surface area contributed by atoms with E-state index < -0.39 is 0 Å². The van der Waals surface area contributed by atoms with Crippen molar-refractivity contribution in [3.8, 4) is 0 Å². The van der Waals surface area contributed by atoms with Crippen LogP contribution in [-0.2, 0) is 19.4 Å². The molecule has 0 saturated carbocycles. The van der Waals surface area contributed by atoms with Gasteiger partial charge >= 0.3 is 0 Å². The summed E-state index contributed by atoms with van der Waals surface area (Å²) in [7, 11) is 0. The quantitative estimate of drug-likeness (QED) is 0.592. The lowest BCUT2D eigenvalue weighted by Crippen LogP contribution is -2.18.